The fourth-order valence-electron chi connectivity index (χ4n) is 2.02. The van der Waals surface area contributed by atoms with Gasteiger partial charge in [0.15, 0.2) is 5.76 Å². The van der Waals surface area contributed by atoms with E-state index in [9.17, 15) is 9.59 Å². The molecular formula is C17H17N3O3. The van der Waals surface area contributed by atoms with Crippen LogP contribution in [0.2, 0.25) is 0 Å². The van der Waals surface area contributed by atoms with Crippen LogP contribution in [0, 0.1) is 18.3 Å². The van der Waals surface area contributed by atoms with Gasteiger partial charge in [-0.25, -0.2) is 0 Å². The van der Waals surface area contributed by atoms with E-state index < -0.39 is 0 Å². The zero-order valence-corrected chi connectivity index (χ0v) is 13.0. The van der Waals surface area contributed by atoms with Gasteiger partial charge < -0.3 is 14.6 Å². The minimum atomic E-state index is -0.375. The van der Waals surface area contributed by atoms with Crippen molar-refractivity contribution in [2.45, 2.75) is 13.3 Å². The molecule has 0 saturated heterocycles. The van der Waals surface area contributed by atoms with Crippen LogP contribution in [-0.2, 0) is 0 Å². The summed E-state index contributed by atoms with van der Waals surface area (Å²) in [7, 11) is 1.64. The lowest BCUT2D eigenvalue weighted by Crippen LogP contribution is -2.27. The van der Waals surface area contributed by atoms with Crippen molar-refractivity contribution in [1.82, 2.24) is 4.90 Å². The van der Waals surface area contributed by atoms with Crippen LogP contribution >= 0.6 is 0 Å². The SMILES string of the molecule is Cc1ccc(C(=O)N(C)CCC#N)cc1NC(=O)c1ccco1. The van der Waals surface area contributed by atoms with Gasteiger partial charge >= 0.3 is 0 Å². The van der Waals surface area contributed by atoms with Crippen LogP contribution in [0.1, 0.15) is 32.9 Å². The summed E-state index contributed by atoms with van der Waals surface area (Å²) in [6.07, 6.45) is 1.70. The highest BCUT2D eigenvalue weighted by Gasteiger charge is 2.15. The number of carbonyl (C=O) groups is 2. The molecule has 0 saturated carbocycles. The average Bonchev–Trinajstić information content (AvgIpc) is 3.08. The molecule has 0 radical (unpaired) electrons. The molecule has 2 aromatic rings. The molecule has 0 unspecified atom stereocenters. The molecule has 1 N–H and O–H groups in total. The van der Waals surface area contributed by atoms with E-state index in [0.29, 0.717) is 17.8 Å². The molecule has 1 aromatic carbocycles. The topological polar surface area (TPSA) is 86.3 Å². The van der Waals surface area contributed by atoms with E-state index in [-0.39, 0.29) is 24.0 Å². The smallest absolute Gasteiger partial charge is 0.291 e. The van der Waals surface area contributed by atoms with Gasteiger partial charge in [-0.1, -0.05) is 6.07 Å². The van der Waals surface area contributed by atoms with Gasteiger partial charge in [0.1, 0.15) is 0 Å². The Labute approximate surface area is 134 Å². The summed E-state index contributed by atoms with van der Waals surface area (Å²) in [6, 6.07) is 10.3. The van der Waals surface area contributed by atoms with Gasteiger partial charge in [-0.3, -0.25) is 9.59 Å². The Hall–Kier alpha value is -3.07. The third-order valence-electron chi connectivity index (χ3n) is 3.38. The van der Waals surface area contributed by atoms with Gasteiger partial charge in [0.25, 0.3) is 11.8 Å². The van der Waals surface area contributed by atoms with Crippen LogP contribution < -0.4 is 5.32 Å². The number of hydrogen-bond donors (Lipinski definition) is 1. The first-order valence-electron chi connectivity index (χ1n) is 7.11. The number of carbonyl (C=O) groups excluding carboxylic acids is 2. The molecule has 2 amide bonds. The number of nitrogens with one attached hydrogen (secondary N) is 1. The summed E-state index contributed by atoms with van der Waals surface area (Å²) in [6.45, 7) is 2.20. The highest BCUT2D eigenvalue weighted by molar-refractivity contribution is 6.03. The quantitative estimate of drug-likeness (QED) is 0.920. The summed E-state index contributed by atoms with van der Waals surface area (Å²) in [5.41, 5.74) is 1.83. The molecule has 0 atom stereocenters. The molecule has 0 aliphatic rings. The van der Waals surface area contributed by atoms with Crippen LogP contribution in [0.5, 0.6) is 0 Å². The highest BCUT2D eigenvalue weighted by Crippen LogP contribution is 2.19. The number of aryl methyl sites for hydroxylation is 1. The molecule has 0 aliphatic carbocycles. The maximum absolute atomic E-state index is 12.3. The molecule has 118 valence electrons. The average molecular weight is 311 g/mol. The number of furan rings is 1. The lowest BCUT2D eigenvalue weighted by Gasteiger charge is -2.16. The van der Waals surface area contributed by atoms with E-state index in [4.69, 9.17) is 9.68 Å². The van der Waals surface area contributed by atoms with Crippen molar-refractivity contribution in [1.29, 1.82) is 5.26 Å². The molecule has 0 bridgehead atoms. The normalized spacial score (nSPS) is 9.96. The maximum atomic E-state index is 12.3. The van der Waals surface area contributed by atoms with Crippen molar-refractivity contribution in [2.24, 2.45) is 0 Å². The Morgan fingerprint density at radius 3 is 2.78 bits per heavy atom. The molecule has 2 rings (SSSR count). The molecule has 6 nitrogen and oxygen atoms in total. The predicted molar refractivity (Wildman–Crippen MR) is 85.0 cm³/mol. The standard InChI is InChI=1S/C17H17N3O3/c1-12-6-7-13(17(22)20(2)9-4-8-18)11-14(12)19-16(21)15-5-3-10-23-15/h3,5-7,10-11H,4,9H2,1-2H3,(H,19,21). The molecular weight excluding hydrogens is 294 g/mol. The fraction of sp³-hybridized carbons (Fsp3) is 0.235. The summed E-state index contributed by atoms with van der Waals surface area (Å²) in [4.78, 5) is 25.8. The molecule has 0 fully saturated rings. The largest absolute Gasteiger partial charge is 0.459 e. The van der Waals surface area contributed by atoms with Gasteiger partial charge in [0.2, 0.25) is 0 Å². The number of benzene rings is 1. The van der Waals surface area contributed by atoms with Crippen molar-refractivity contribution >= 4 is 17.5 Å². The molecule has 23 heavy (non-hydrogen) atoms. The van der Waals surface area contributed by atoms with Crippen molar-refractivity contribution in [3.05, 3.63) is 53.5 Å². The second kappa shape index (κ2) is 7.27. The minimum Gasteiger partial charge on any atom is -0.459 e. The first-order chi connectivity index (χ1) is 11.0. The van der Waals surface area contributed by atoms with E-state index >= 15 is 0 Å². The number of amides is 2. The van der Waals surface area contributed by atoms with E-state index in [2.05, 4.69) is 5.32 Å². The van der Waals surface area contributed by atoms with Crippen LogP contribution in [-0.4, -0.2) is 30.3 Å². The first kappa shape index (κ1) is 16.3. The van der Waals surface area contributed by atoms with Crippen LogP contribution in [0.3, 0.4) is 0 Å². The van der Waals surface area contributed by atoms with E-state index in [1.807, 2.05) is 13.0 Å². The Kier molecular flexibility index (Phi) is 5.15. The summed E-state index contributed by atoms with van der Waals surface area (Å²) in [5, 5.41) is 11.3. The second-order valence-electron chi connectivity index (χ2n) is 5.10. The number of nitriles is 1. The van der Waals surface area contributed by atoms with Crippen molar-refractivity contribution < 1.29 is 14.0 Å². The Morgan fingerprint density at radius 1 is 1.35 bits per heavy atom. The van der Waals surface area contributed by atoms with Gasteiger partial charge in [0.05, 0.1) is 18.8 Å². The zero-order valence-electron chi connectivity index (χ0n) is 13.0. The zero-order chi connectivity index (χ0) is 16.8. The summed E-state index contributed by atoms with van der Waals surface area (Å²) >= 11 is 0. The molecule has 6 heteroatoms. The Morgan fingerprint density at radius 2 is 2.13 bits per heavy atom. The minimum absolute atomic E-state index is 0.200. The van der Waals surface area contributed by atoms with E-state index in [1.165, 1.54) is 11.2 Å². The third-order valence-corrected chi connectivity index (χ3v) is 3.38. The van der Waals surface area contributed by atoms with Crippen molar-refractivity contribution in [3.8, 4) is 6.07 Å². The second-order valence-corrected chi connectivity index (χ2v) is 5.10. The molecule has 0 spiro atoms. The lowest BCUT2D eigenvalue weighted by molar-refractivity contribution is 0.0797. The molecule has 0 aliphatic heterocycles. The number of anilines is 1. The number of rotatable bonds is 5. The number of nitrogens with zero attached hydrogens (tertiary/aromatic N) is 2. The third kappa shape index (κ3) is 3.98. The fourth-order valence-corrected chi connectivity index (χ4v) is 2.02. The van der Waals surface area contributed by atoms with Gasteiger partial charge in [0, 0.05) is 24.8 Å². The lowest BCUT2D eigenvalue weighted by atomic mass is 10.1. The highest BCUT2D eigenvalue weighted by atomic mass is 16.3. The van der Waals surface area contributed by atoms with Gasteiger partial charge in [-0.15, -0.1) is 0 Å². The van der Waals surface area contributed by atoms with Crippen LogP contribution in [0.25, 0.3) is 0 Å². The Bertz CT molecular complexity index is 745. The molecule has 1 heterocycles. The summed E-state index contributed by atoms with van der Waals surface area (Å²) < 4.78 is 5.05. The molecule has 1 aromatic heterocycles. The first-order valence-corrected chi connectivity index (χ1v) is 7.11. The van der Waals surface area contributed by atoms with Gasteiger partial charge in [-0.2, -0.15) is 5.26 Å². The summed E-state index contributed by atoms with van der Waals surface area (Å²) in [5.74, 6) is -0.374. The van der Waals surface area contributed by atoms with E-state index in [1.54, 1.807) is 37.4 Å². The van der Waals surface area contributed by atoms with E-state index in [0.717, 1.165) is 5.56 Å². The predicted octanol–water partition coefficient (Wildman–Crippen LogP) is 2.83. The monoisotopic (exact) mass is 311 g/mol. The maximum Gasteiger partial charge on any atom is 0.291 e. The van der Waals surface area contributed by atoms with Gasteiger partial charge in [-0.05, 0) is 36.8 Å². The number of hydrogen-bond acceptors (Lipinski definition) is 4. The Balaban J connectivity index is 2.17. The van der Waals surface area contributed by atoms with Crippen LogP contribution in [0.4, 0.5) is 5.69 Å². The van der Waals surface area contributed by atoms with Crippen molar-refractivity contribution in [2.75, 3.05) is 18.9 Å². The van der Waals surface area contributed by atoms with Crippen molar-refractivity contribution in [3.63, 3.8) is 0 Å². The van der Waals surface area contributed by atoms with Crippen LogP contribution in [0.15, 0.2) is 41.0 Å².